The summed E-state index contributed by atoms with van der Waals surface area (Å²) in [7, 11) is 0. The zero-order valence-electron chi connectivity index (χ0n) is 8.11. The van der Waals surface area contributed by atoms with Gasteiger partial charge in [0, 0.05) is 0 Å². The van der Waals surface area contributed by atoms with Crippen molar-refractivity contribution in [2.24, 2.45) is 0 Å². The molecule has 0 fully saturated rings. The summed E-state index contributed by atoms with van der Waals surface area (Å²) in [5, 5.41) is 0. The zero-order valence-corrected chi connectivity index (χ0v) is 8.11. The molecule has 0 atom stereocenters. The minimum atomic E-state index is 1.21. The molecule has 0 aliphatic heterocycles. The Kier molecular flexibility index (Phi) is 5.91. The molecule has 0 rings (SSSR count). The molecule has 0 bridgehead atoms. The first-order valence-corrected chi connectivity index (χ1v) is 4.53. The van der Waals surface area contributed by atoms with Gasteiger partial charge in [-0.25, -0.2) is 0 Å². The van der Waals surface area contributed by atoms with Gasteiger partial charge in [0.25, 0.3) is 0 Å². The molecule has 0 heterocycles. The van der Waals surface area contributed by atoms with Crippen molar-refractivity contribution in [2.75, 3.05) is 0 Å². The van der Waals surface area contributed by atoms with Crippen molar-refractivity contribution < 1.29 is 0 Å². The molecule has 0 N–H and O–H groups in total. The van der Waals surface area contributed by atoms with E-state index in [1.165, 1.54) is 36.8 Å². The zero-order chi connectivity index (χ0) is 8.69. The molecule has 0 nitrogen and oxygen atoms in total. The van der Waals surface area contributed by atoms with E-state index in [0.29, 0.717) is 0 Å². The molecule has 0 amide bonds. The van der Waals surface area contributed by atoms with Crippen LogP contribution < -0.4 is 0 Å². The highest BCUT2D eigenvalue weighted by atomic mass is 14.0. The van der Waals surface area contributed by atoms with E-state index in [4.69, 9.17) is 0 Å². The second-order valence-corrected chi connectivity index (χ2v) is 3.05. The molecular formula is C11H20. The number of hydrogen-bond donors (Lipinski definition) is 0. The summed E-state index contributed by atoms with van der Waals surface area (Å²) in [6.45, 7) is 10.3. The van der Waals surface area contributed by atoms with Gasteiger partial charge in [-0.15, -0.1) is 0 Å². The Bertz CT molecular complexity index is 140. The van der Waals surface area contributed by atoms with Crippen LogP contribution >= 0.6 is 0 Å². The third-order valence-electron chi connectivity index (χ3n) is 1.95. The normalized spacial score (nSPS) is 11.7. The molecule has 0 aliphatic rings. The van der Waals surface area contributed by atoms with Crippen LogP contribution in [0.2, 0.25) is 0 Å². The van der Waals surface area contributed by atoms with Crippen molar-refractivity contribution in [1.82, 2.24) is 0 Å². The first-order valence-electron chi connectivity index (χ1n) is 4.53. The van der Waals surface area contributed by atoms with Crippen LogP contribution in [0.25, 0.3) is 0 Å². The van der Waals surface area contributed by atoms with E-state index in [0.717, 1.165) is 0 Å². The molecular weight excluding hydrogens is 132 g/mol. The Labute approximate surface area is 71.0 Å². The molecule has 64 valence electrons. The smallest absolute Gasteiger partial charge is 0.0280 e. The number of hydrogen-bond acceptors (Lipinski definition) is 0. The van der Waals surface area contributed by atoms with Crippen LogP contribution in [-0.4, -0.2) is 0 Å². The van der Waals surface area contributed by atoms with Gasteiger partial charge in [0.15, 0.2) is 0 Å². The highest BCUT2D eigenvalue weighted by Gasteiger charge is 1.95. The van der Waals surface area contributed by atoms with Crippen molar-refractivity contribution in [3.63, 3.8) is 0 Å². The van der Waals surface area contributed by atoms with Crippen LogP contribution in [0, 0.1) is 0 Å². The Balaban J connectivity index is 3.63. The maximum absolute atomic E-state index is 3.94. The van der Waals surface area contributed by atoms with E-state index in [1.807, 2.05) is 0 Å². The summed E-state index contributed by atoms with van der Waals surface area (Å²) in [5.41, 5.74) is 2.65. The van der Waals surface area contributed by atoms with E-state index in [-0.39, 0.29) is 0 Å². The fourth-order valence-corrected chi connectivity index (χ4v) is 1.17. The Hall–Kier alpha value is -0.520. The lowest BCUT2D eigenvalue weighted by molar-refractivity contribution is 0.715. The van der Waals surface area contributed by atoms with Crippen LogP contribution in [0.1, 0.15) is 46.5 Å². The lowest BCUT2D eigenvalue weighted by Gasteiger charge is -2.04. The summed E-state index contributed by atoms with van der Waals surface area (Å²) in [6, 6.07) is 0. The average molecular weight is 152 g/mol. The van der Waals surface area contributed by atoms with E-state index in [2.05, 4.69) is 33.4 Å². The topological polar surface area (TPSA) is 0 Å². The fourth-order valence-electron chi connectivity index (χ4n) is 1.17. The summed E-state index contributed by atoms with van der Waals surface area (Å²) in [5.74, 6) is 0. The monoisotopic (exact) mass is 152 g/mol. The van der Waals surface area contributed by atoms with Gasteiger partial charge in [-0.1, -0.05) is 38.0 Å². The van der Waals surface area contributed by atoms with E-state index >= 15 is 0 Å². The maximum Gasteiger partial charge on any atom is -0.0280 e. The molecule has 0 aromatic carbocycles. The fraction of sp³-hybridized carbons (Fsp3) is 0.636. The third-order valence-corrected chi connectivity index (χ3v) is 1.95. The van der Waals surface area contributed by atoms with E-state index < -0.39 is 0 Å². The minimum Gasteiger partial charge on any atom is -0.0958 e. The lowest BCUT2D eigenvalue weighted by Crippen LogP contribution is -1.84. The number of rotatable bonds is 5. The second-order valence-electron chi connectivity index (χ2n) is 3.05. The molecule has 0 radical (unpaired) electrons. The summed E-state index contributed by atoms with van der Waals surface area (Å²) >= 11 is 0. The van der Waals surface area contributed by atoms with Crippen LogP contribution in [0.3, 0.4) is 0 Å². The van der Waals surface area contributed by atoms with Crippen molar-refractivity contribution >= 4 is 0 Å². The van der Waals surface area contributed by atoms with Crippen molar-refractivity contribution in [1.29, 1.82) is 0 Å². The van der Waals surface area contributed by atoms with Gasteiger partial charge >= 0.3 is 0 Å². The Morgan fingerprint density at radius 3 is 2.36 bits per heavy atom. The first kappa shape index (κ1) is 10.5. The van der Waals surface area contributed by atoms with E-state index in [9.17, 15) is 0 Å². The molecule has 0 unspecified atom stereocenters. The van der Waals surface area contributed by atoms with Crippen LogP contribution in [0.5, 0.6) is 0 Å². The highest BCUT2D eigenvalue weighted by Crippen LogP contribution is 2.15. The molecule has 11 heavy (non-hydrogen) atoms. The summed E-state index contributed by atoms with van der Waals surface area (Å²) < 4.78 is 0. The van der Waals surface area contributed by atoms with Gasteiger partial charge in [0.1, 0.15) is 0 Å². The van der Waals surface area contributed by atoms with Gasteiger partial charge in [0.2, 0.25) is 0 Å². The molecule has 0 heteroatoms. The largest absolute Gasteiger partial charge is 0.0958 e. The third kappa shape index (κ3) is 4.83. The Morgan fingerprint density at radius 2 is 2.00 bits per heavy atom. The quantitative estimate of drug-likeness (QED) is 0.411. The average Bonchev–Trinajstić information content (AvgIpc) is 1.97. The van der Waals surface area contributed by atoms with Crippen molar-refractivity contribution in [3.05, 3.63) is 23.8 Å². The maximum atomic E-state index is 3.94. The summed E-state index contributed by atoms with van der Waals surface area (Å²) in [4.78, 5) is 0. The van der Waals surface area contributed by atoms with Crippen LogP contribution in [0.15, 0.2) is 23.8 Å². The molecule has 0 saturated carbocycles. The van der Waals surface area contributed by atoms with Gasteiger partial charge in [0.05, 0.1) is 0 Å². The highest BCUT2D eigenvalue weighted by molar-refractivity contribution is 5.25. The standard InChI is InChI=1S/C11H20/c1-5-7-8-9-11(6-2)10(3)4/h6H,3,5,7-9H2,1-2,4H3/b11-6-. The Morgan fingerprint density at radius 1 is 1.36 bits per heavy atom. The van der Waals surface area contributed by atoms with Crippen molar-refractivity contribution in [3.8, 4) is 0 Å². The van der Waals surface area contributed by atoms with Gasteiger partial charge in [-0.2, -0.15) is 0 Å². The van der Waals surface area contributed by atoms with Crippen LogP contribution in [-0.2, 0) is 0 Å². The van der Waals surface area contributed by atoms with Gasteiger partial charge < -0.3 is 0 Å². The lowest BCUT2D eigenvalue weighted by atomic mass is 10.0. The van der Waals surface area contributed by atoms with Crippen LogP contribution in [0.4, 0.5) is 0 Å². The predicted molar refractivity (Wildman–Crippen MR) is 52.7 cm³/mol. The minimum absolute atomic E-state index is 1.21. The molecule has 0 aliphatic carbocycles. The number of allylic oxidation sites excluding steroid dienone is 3. The molecule has 0 saturated heterocycles. The van der Waals surface area contributed by atoms with Gasteiger partial charge in [-0.3, -0.25) is 0 Å². The molecule has 0 aromatic rings. The van der Waals surface area contributed by atoms with Crippen molar-refractivity contribution in [2.45, 2.75) is 46.5 Å². The predicted octanol–water partition coefficient (Wildman–Crippen LogP) is 4.09. The molecule has 0 spiro atoms. The first-order chi connectivity index (χ1) is 5.22. The SMILES string of the molecule is C=C(C)/C(=C\C)CCCCC. The molecule has 0 aromatic heterocycles. The second kappa shape index (κ2) is 6.21. The summed E-state index contributed by atoms with van der Waals surface area (Å²) in [6.07, 6.45) is 7.33. The van der Waals surface area contributed by atoms with E-state index in [1.54, 1.807) is 0 Å². The van der Waals surface area contributed by atoms with Gasteiger partial charge in [-0.05, 0) is 32.3 Å². The number of unbranched alkanes of at least 4 members (excludes halogenated alkanes) is 2.